The molecule has 0 aliphatic heterocycles. The minimum Gasteiger partial charge on any atom is -0.388 e. The number of urea groups is 1. The van der Waals surface area contributed by atoms with Gasteiger partial charge in [-0.25, -0.2) is 4.79 Å². The molecular formula is C8H18N4O. The number of hydrogen-bond donors (Lipinski definition) is 4. The second kappa shape index (κ2) is 6.28. The monoisotopic (exact) mass is 186 g/mol. The van der Waals surface area contributed by atoms with Crippen molar-refractivity contribution in [2.45, 2.75) is 32.7 Å². The quantitative estimate of drug-likeness (QED) is 0.370. The molecule has 0 fully saturated rings. The Morgan fingerprint density at radius 2 is 2.15 bits per heavy atom. The zero-order valence-electron chi connectivity index (χ0n) is 8.18. The van der Waals surface area contributed by atoms with E-state index in [2.05, 4.69) is 10.6 Å². The summed E-state index contributed by atoms with van der Waals surface area (Å²) in [6.45, 7) is 4.40. The van der Waals surface area contributed by atoms with Crippen molar-refractivity contribution >= 4 is 11.9 Å². The third-order valence-corrected chi connectivity index (χ3v) is 1.63. The molecule has 5 N–H and O–H groups in total. The summed E-state index contributed by atoms with van der Waals surface area (Å²) in [5.41, 5.74) is 5.23. The van der Waals surface area contributed by atoms with Gasteiger partial charge in [-0.1, -0.05) is 6.92 Å². The van der Waals surface area contributed by atoms with Crippen LogP contribution in [0.4, 0.5) is 4.79 Å². The summed E-state index contributed by atoms with van der Waals surface area (Å²) in [6, 6.07) is -0.236. The van der Waals surface area contributed by atoms with Gasteiger partial charge in [0.25, 0.3) is 0 Å². The number of nitrogens with one attached hydrogen (secondary N) is 3. The van der Waals surface area contributed by atoms with Crippen molar-refractivity contribution in [1.29, 1.82) is 5.41 Å². The number of hydrogen-bond acceptors (Lipinski definition) is 2. The zero-order chi connectivity index (χ0) is 10.3. The van der Waals surface area contributed by atoms with Crippen molar-refractivity contribution < 1.29 is 4.79 Å². The van der Waals surface area contributed by atoms with Gasteiger partial charge in [-0.05, 0) is 13.3 Å². The lowest BCUT2D eigenvalue weighted by Crippen LogP contribution is -2.43. The van der Waals surface area contributed by atoms with E-state index in [4.69, 9.17) is 11.1 Å². The van der Waals surface area contributed by atoms with Gasteiger partial charge in [0.2, 0.25) is 0 Å². The molecule has 5 nitrogen and oxygen atoms in total. The fraction of sp³-hybridized carbons (Fsp3) is 0.750. The molecule has 2 amide bonds. The highest BCUT2D eigenvalue weighted by molar-refractivity contribution is 5.79. The minimum absolute atomic E-state index is 0.0379. The van der Waals surface area contributed by atoms with Gasteiger partial charge in [0.15, 0.2) is 0 Å². The van der Waals surface area contributed by atoms with Gasteiger partial charge in [0.05, 0.1) is 5.84 Å². The summed E-state index contributed by atoms with van der Waals surface area (Å²) >= 11 is 0. The molecular weight excluding hydrogens is 168 g/mol. The van der Waals surface area contributed by atoms with Crippen molar-refractivity contribution in [1.82, 2.24) is 10.6 Å². The van der Waals surface area contributed by atoms with Gasteiger partial charge in [0, 0.05) is 19.0 Å². The third-order valence-electron chi connectivity index (χ3n) is 1.63. The first-order valence-electron chi connectivity index (χ1n) is 4.47. The molecule has 0 rings (SSSR count). The van der Waals surface area contributed by atoms with Gasteiger partial charge in [0.1, 0.15) is 0 Å². The molecule has 0 saturated heterocycles. The van der Waals surface area contributed by atoms with Crippen LogP contribution < -0.4 is 16.4 Å². The Morgan fingerprint density at radius 1 is 1.54 bits per heavy atom. The Kier molecular flexibility index (Phi) is 5.67. The summed E-state index contributed by atoms with van der Waals surface area (Å²) in [7, 11) is 0. The van der Waals surface area contributed by atoms with E-state index in [0.29, 0.717) is 13.0 Å². The first-order valence-corrected chi connectivity index (χ1v) is 4.47. The SMILES string of the molecule is CCNC(=O)NC(CC)CC(=N)N. The summed E-state index contributed by atoms with van der Waals surface area (Å²) in [5, 5.41) is 12.4. The maximum absolute atomic E-state index is 11.1. The van der Waals surface area contributed by atoms with Crippen LogP contribution in [0.25, 0.3) is 0 Å². The van der Waals surface area contributed by atoms with Crippen LogP contribution in [0.3, 0.4) is 0 Å². The van der Waals surface area contributed by atoms with Crippen LogP contribution in [0.2, 0.25) is 0 Å². The summed E-state index contributed by atoms with van der Waals surface area (Å²) < 4.78 is 0. The number of nitrogens with two attached hydrogens (primary N) is 1. The molecule has 0 aromatic carbocycles. The molecule has 0 heterocycles. The number of carbonyl (C=O) groups excluding carboxylic acids is 1. The third kappa shape index (κ3) is 5.95. The van der Waals surface area contributed by atoms with E-state index in [-0.39, 0.29) is 17.9 Å². The molecule has 5 heteroatoms. The molecule has 0 saturated carbocycles. The molecule has 1 atom stereocenters. The Balaban J connectivity index is 3.83. The van der Waals surface area contributed by atoms with E-state index in [1.165, 1.54) is 0 Å². The maximum atomic E-state index is 11.1. The van der Waals surface area contributed by atoms with E-state index < -0.39 is 0 Å². The second-order valence-electron chi connectivity index (χ2n) is 2.84. The van der Waals surface area contributed by atoms with E-state index in [1.54, 1.807) is 0 Å². The fourth-order valence-electron chi connectivity index (χ4n) is 0.960. The summed E-state index contributed by atoms with van der Waals surface area (Å²) in [5.74, 6) is 0.101. The number of amides is 2. The molecule has 76 valence electrons. The smallest absolute Gasteiger partial charge is 0.315 e. The van der Waals surface area contributed by atoms with E-state index in [0.717, 1.165) is 6.42 Å². The first-order chi connectivity index (χ1) is 6.10. The largest absolute Gasteiger partial charge is 0.388 e. The Hall–Kier alpha value is -1.26. The topological polar surface area (TPSA) is 91.0 Å². The van der Waals surface area contributed by atoms with Crippen LogP contribution in [0.1, 0.15) is 26.7 Å². The molecule has 1 unspecified atom stereocenters. The molecule has 0 aromatic heterocycles. The van der Waals surface area contributed by atoms with E-state index >= 15 is 0 Å². The Morgan fingerprint density at radius 3 is 2.54 bits per heavy atom. The second-order valence-corrected chi connectivity index (χ2v) is 2.84. The van der Waals surface area contributed by atoms with Crippen LogP contribution in [0.5, 0.6) is 0 Å². The van der Waals surface area contributed by atoms with Gasteiger partial charge in [-0.15, -0.1) is 0 Å². The first kappa shape index (κ1) is 11.7. The van der Waals surface area contributed by atoms with Gasteiger partial charge in [-0.3, -0.25) is 5.41 Å². The van der Waals surface area contributed by atoms with E-state index in [9.17, 15) is 4.79 Å². The number of carbonyl (C=O) groups is 1. The van der Waals surface area contributed by atoms with Gasteiger partial charge in [-0.2, -0.15) is 0 Å². The Bertz CT molecular complexity index is 181. The van der Waals surface area contributed by atoms with Crippen LogP contribution in [0.15, 0.2) is 0 Å². The Labute approximate surface area is 78.6 Å². The highest BCUT2D eigenvalue weighted by atomic mass is 16.2. The van der Waals surface area contributed by atoms with Crippen LogP contribution in [-0.2, 0) is 0 Å². The molecule has 0 aromatic rings. The predicted molar refractivity (Wildman–Crippen MR) is 52.8 cm³/mol. The molecule has 0 spiro atoms. The lowest BCUT2D eigenvalue weighted by atomic mass is 10.1. The van der Waals surface area contributed by atoms with Crippen LogP contribution >= 0.6 is 0 Å². The van der Waals surface area contributed by atoms with Crippen LogP contribution in [0, 0.1) is 5.41 Å². The average Bonchev–Trinajstić information content (AvgIpc) is 2.02. The standard InChI is InChI=1S/C8H18N4O/c1-3-6(5-7(9)10)12-8(13)11-4-2/h6H,3-5H2,1-2H3,(H3,9,10)(H2,11,12,13). The van der Waals surface area contributed by atoms with Crippen molar-refractivity contribution in [3.8, 4) is 0 Å². The van der Waals surface area contributed by atoms with Crippen LogP contribution in [-0.4, -0.2) is 24.5 Å². The van der Waals surface area contributed by atoms with Gasteiger partial charge < -0.3 is 16.4 Å². The lowest BCUT2D eigenvalue weighted by Gasteiger charge is -2.15. The highest BCUT2D eigenvalue weighted by Crippen LogP contribution is 1.96. The zero-order valence-corrected chi connectivity index (χ0v) is 8.18. The molecule has 0 aliphatic rings. The number of rotatable bonds is 5. The minimum atomic E-state index is -0.199. The average molecular weight is 186 g/mol. The fourth-order valence-corrected chi connectivity index (χ4v) is 0.960. The molecule has 0 bridgehead atoms. The predicted octanol–water partition coefficient (Wildman–Crippen LogP) is 0.410. The molecule has 0 aliphatic carbocycles. The van der Waals surface area contributed by atoms with Crippen molar-refractivity contribution in [3.05, 3.63) is 0 Å². The lowest BCUT2D eigenvalue weighted by molar-refractivity contribution is 0.237. The molecule has 0 radical (unpaired) electrons. The molecule has 13 heavy (non-hydrogen) atoms. The summed E-state index contributed by atoms with van der Waals surface area (Å²) in [6.07, 6.45) is 1.18. The summed E-state index contributed by atoms with van der Waals surface area (Å²) in [4.78, 5) is 11.1. The van der Waals surface area contributed by atoms with Crippen molar-refractivity contribution in [2.24, 2.45) is 5.73 Å². The normalized spacial score (nSPS) is 11.8. The van der Waals surface area contributed by atoms with Crippen molar-refractivity contribution in [3.63, 3.8) is 0 Å². The maximum Gasteiger partial charge on any atom is 0.315 e. The highest BCUT2D eigenvalue weighted by Gasteiger charge is 2.09. The van der Waals surface area contributed by atoms with Crippen molar-refractivity contribution in [2.75, 3.05) is 6.54 Å². The van der Waals surface area contributed by atoms with Gasteiger partial charge >= 0.3 is 6.03 Å². The number of amidine groups is 1. The van der Waals surface area contributed by atoms with E-state index in [1.807, 2.05) is 13.8 Å².